The van der Waals surface area contributed by atoms with Crippen LogP contribution in [-0.4, -0.2) is 151 Å². The number of aliphatic hydroxyl groups excluding tert-OH is 4. The zero-order valence-electron chi connectivity index (χ0n) is 32.8. The SMILES string of the molecule is CC(CO)NC(=O)C1C=C2c3cccc4[nH]cc(c34)CC2N(C)C1.CC(CO)NC(=O)C1C=C2c3cccc4[nH]cc(c34)CC2N(C)C1.O=C(O)C(O)C(O)C(=O)O. The number of rotatable bonds is 9. The number of aromatic amines is 2. The van der Waals surface area contributed by atoms with E-state index < -0.39 is 24.1 Å². The van der Waals surface area contributed by atoms with Crippen LogP contribution in [0.1, 0.15) is 36.1 Å². The summed E-state index contributed by atoms with van der Waals surface area (Å²) in [5.74, 6) is -3.94. The van der Waals surface area contributed by atoms with Gasteiger partial charge in [-0.3, -0.25) is 19.4 Å². The molecule has 4 aliphatic rings. The summed E-state index contributed by atoms with van der Waals surface area (Å²) in [5, 5.41) is 59.2. The van der Waals surface area contributed by atoms with E-state index in [0.717, 1.165) is 23.9 Å². The molecule has 8 rings (SSSR count). The van der Waals surface area contributed by atoms with Crippen molar-refractivity contribution in [2.75, 3.05) is 40.4 Å². The fraction of sp³-hybridized carbons (Fsp3) is 0.429. The summed E-state index contributed by atoms with van der Waals surface area (Å²) in [7, 11) is 4.18. The second kappa shape index (κ2) is 17.6. The van der Waals surface area contributed by atoms with Gasteiger partial charge in [0.2, 0.25) is 11.8 Å². The molecule has 0 fully saturated rings. The van der Waals surface area contributed by atoms with E-state index in [0.29, 0.717) is 25.2 Å². The maximum Gasteiger partial charge on any atom is 0.335 e. The topological polar surface area (TPSA) is 252 Å². The number of hydrogen-bond donors (Lipinski definition) is 10. The molecule has 8 unspecified atom stereocenters. The fourth-order valence-electron chi connectivity index (χ4n) is 8.29. The highest BCUT2D eigenvalue weighted by Crippen LogP contribution is 2.42. The second-order valence-corrected chi connectivity index (χ2v) is 15.6. The third-order valence-electron chi connectivity index (χ3n) is 11.3. The molecular formula is C42H52N6O10. The van der Waals surface area contributed by atoms with Crippen LogP contribution in [0.4, 0.5) is 0 Å². The lowest BCUT2D eigenvalue weighted by atomic mass is 9.80. The number of carbonyl (C=O) groups is 4. The largest absolute Gasteiger partial charge is 0.479 e. The molecule has 310 valence electrons. The maximum absolute atomic E-state index is 12.5. The summed E-state index contributed by atoms with van der Waals surface area (Å²) in [6, 6.07) is 12.8. The van der Waals surface area contributed by atoms with Crippen molar-refractivity contribution >= 4 is 56.7 Å². The van der Waals surface area contributed by atoms with Gasteiger partial charge in [0.05, 0.1) is 25.0 Å². The average molecular weight is 801 g/mol. The molecule has 16 nitrogen and oxygen atoms in total. The molecule has 58 heavy (non-hydrogen) atoms. The fourth-order valence-corrected chi connectivity index (χ4v) is 8.29. The lowest BCUT2D eigenvalue weighted by Gasteiger charge is -2.39. The Balaban J connectivity index is 0.000000160. The van der Waals surface area contributed by atoms with Crippen molar-refractivity contribution in [3.8, 4) is 0 Å². The number of likely N-dealkylation sites (N-methyl/N-ethyl adjacent to an activating group) is 2. The van der Waals surface area contributed by atoms with Gasteiger partial charge in [-0.05, 0) is 86.3 Å². The van der Waals surface area contributed by atoms with Crippen molar-refractivity contribution in [1.29, 1.82) is 0 Å². The van der Waals surface area contributed by atoms with Crippen LogP contribution >= 0.6 is 0 Å². The molecule has 2 amide bonds. The lowest BCUT2D eigenvalue weighted by molar-refractivity contribution is -0.165. The van der Waals surface area contributed by atoms with E-state index in [1.54, 1.807) is 0 Å². The summed E-state index contributed by atoms with van der Waals surface area (Å²) in [5.41, 5.74) is 9.99. The van der Waals surface area contributed by atoms with Gasteiger partial charge in [-0.25, -0.2) is 9.59 Å². The molecule has 4 heterocycles. The van der Waals surface area contributed by atoms with E-state index in [1.165, 1.54) is 44.2 Å². The van der Waals surface area contributed by atoms with Crippen molar-refractivity contribution in [2.45, 2.75) is 63.1 Å². The van der Waals surface area contributed by atoms with Gasteiger partial charge >= 0.3 is 11.9 Å². The number of hydrogen-bond acceptors (Lipinski definition) is 10. The normalized spacial score (nSPS) is 22.9. The zero-order valence-corrected chi connectivity index (χ0v) is 32.8. The summed E-state index contributed by atoms with van der Waals surface area (Å²) < 4.78 is 0. The van der Waals surface area contributed by atoms with E-state index in [4.69, 9.17) is 30.6 Å². The number of nitrogens with one attached hydrogen (secondary N) is 4. The average Bonchev–Trinajstić information content (AvgIpc) is 3.83. The van der Waals surface area contributed by atoms with Crippen molar-refractivity contribution in [2.24, 2.45) is 11.8 Å². The Kier molecular flexibility index (Phi) is 12.9. The standard InChI is InChI=1S/2C19H23N3O2.C4H6O6/c2*1-11(10-23)21-19(24)13-6-15-14-4-3-5-16-18(14)12(8-20-16)7-17(15)22(2)9-13;5-1(3(7)8)2(6)4(9)10/h2*3-6,8,11,13,17,20,23H,7,9-10H2,1-2H3,(H,21,24);1-2,5-6H,(H,7,8)(H,9,10). The minimum atomic E-state index is -2.27. The Labute approximate surface area is 334 Å². The second-order valence-electron chi connectivity index (χ2n) is 15.6. The molecule has 16 heteroatoms. The number of aromatic nitrogens is 2. The highest BCUT2D eigenvalue weighted by molar-refractivity contribution is 6.00. The van der Waals surface area contributed by atoms with Gasteiger partial charge in [0.15, 0.2) is 12.2 Å². The Morgan fingerprint density at radius 2 is 1.07 bits per heavy atom. The van der Waals surface area contributed by atoms with Crippen LogP contribution in [0, 0.1) is 11.8 Å². The van der Waals surface area contributed by atoms with Crippen molar-refractivity contribution in [3.05, 3.63) is 83.2 Å². The predicted octanol–water partition coefficient (Wildman–Crippen LogP) is 0.947. The minimum absolute atomic E-state index is 0.0126. The van der Waals surface area contributed by atoms with Crippen LogP contribution in [0.5, 0.6) is 0 Å². The molecule has 0 spiro atoms. The quantitative estimate of drug-likeness (QED) is 0.114. The van der Waals surface area contributed by atoms with Crippen LogP contribution < -0.4 is 10.6 Å². The monoisotopic (exact) mass is 800 g/mol. The van der Waals surface area contributed by atoms with E-state index in [-0.39, 0.29) is 48.9 Å². The molecule has 2 aromatic carbocycles. The Bertz CT molecular complexity index is 2090. The number of carboxylic acids is 2. The molecule has 0 saturated carbocycles. The summed E-state index contributed by atoms with van der Waals surface area (Å²) in [6.07, 6.45) is 5.90. The van der Waals surface area contributed by atoms with Gasteiger partial charge in [0, 0.05) is 71.5 Å². The molecular weight excluding hydrogens is 748 g/mol. The van der Waals surface area contributed by atoms with E-state index in [2.05, 4.69) is 105 Å². The third-order valence-corrected chi connectivity index (χ3v) is 11.3. The molecule has 2 aliphatic carbocycles. The molecule has 0 saturated heterocycles. The summed E-state index contributed by atoms with van der Waals surface area (Å²) in [6.45, 7) is 4.95. The smallest absolute Gasteiger partial charge is 0.335 e. The number of amides is 2. The number of nitrogens with zero attached hydrogens (tertiary/aromatic N) is 2. The maximum atomic E-state index is 12.5. The van der Waals surface area contributed by atoms with E-state index >= 15 is 0 Å². The Hall–Kier alpha value is -5.36. The van der Waals surface area contributed by atoms with Gasteiger partial charge in [-0.15, -0.1) is 0 Å². The molecule has 0 bridgehead atoms. The van der Waals surface area contributed by atoms with Crippen LogP contribution in [0.2, 0.25) is 0 Å². The van der Waals surface area contributed by atoms with Gasteiger partial charge in [0.25, 0.3) is 0 Å². The predicted molar refractivity (Wildman–Crippen MR) is 216 cm³/mol. The molecule has 2 aromatic heterocycles. The first kappa shape index (κ1) is 42.3. The number of aliphatic hydroxyl groups is 4. The van der Waals surface area contributed by atoms with E-state index in [9.17, 15) is 19.2 Å². The van der Waals surface area contributed by atoms with Crippen LogP contribution in [-0.2, 0) is 32.0 Å². The number of fused-ring (bicyclic) bond motifs is 4. The zero-order chi connectivity index (χ0) is 42.0. The molecule has 8 atom stereocenters. The van der Waals surface area contributed by atoms with E-state index in [1.807, 2.05) is 13.8 Å². The number of benzene rings is 2. The van der Waals surface area contributed by atoms with Gasteiger partial charge < -0.3 is 51.2 Å². The van der Waals surface area contributed by atoms with Gasteiger partial charge in [0.1, 0.15) is 0 Å². The van der Waals surface area contributed by atoms with Crippen LogP contribution in [0.15, 0.2) is 60.9 Å². The highest BCUT2D eigenvalue weighted by atomic mass is 16.4. The first-order valence-electron chi connectivity index (χ1n) is 19.3. The summed E-state index contributed by atoms with van der Waals surface area (Å²) in [4.78, 5) is 55.9. The van der Waals surface area contributed by atoms with Crippen molar-refractivity contribution in [1.82, 2.24) is 30.4 Å². The Morgan fingerprint density at radius 3 is 1.41 bits per heavy atom. The highest BCUT2D eigenvalue weighted by Gasteiger charge is 2.37. The minimum Gasteiger partial charge on any atom is -0.479 e. The first-order valence-corrected chi connectivity index (χ1v) is 19.3. The summed E-state index contributed by atoms with van der Waals surface area (Å²) >= 11 is 0. The van der Waals surface area contributed by atoms with Crippen molar-refractivity contribution in [3.63, 3.8) is 0 Å². The van der Waals surface area contributed by atoms with Crippen LogP contribution in [0.25, 0.3) is 33.0 Å². The Morgan fingerprint density at radius 1 is 0.690 bits per heavy atom. The molecule has 2 aliphatic heterocycles. The van der Waals surface area contributed by atoms with Crippen molar-refractivity contribution < 1.29 is 49.8 Å². The number of H-pyrrole nitrogens is 2. The van der Waals surface area contributed by atoms with Crippen LogP contribution in [0.3, 0.4) is 0 Å². The number of carbonyl (C=O) groups excluding carboxylic acids is 2. The third kappa shape index (κ3) is 8.57. The molecule has 10 N–H and O–H groups in total. The lowest BCUT2D eigenvalue weighted by Crippen LogP contribution is -2.48. The number of carboxylic acid groups (broad SMARTS) is 2. The van der Waals surface area contributed by atoms with Gasteiger partial charge in [-0.1, -0.05) is 36.4 Å². The first-order chi connectivity index (χ1) is 27.6. The number of aliphatic carboxylic acids is 2. The molecule has 4 aromatic rings. The molecule has 0 radical (unpaired) electrons. The van der Waals surface area contributed by atoms with Gasteiger partial charge in [-0.2, -0.15) is 0 Å².